The van der Waals surface area contributed by atoms with Crippen LogP contribution in [0.3, 0.4) is 0 Å². The lowest BCUT2D eigenvalue weighted by Crippen LogP contribution is -2.02. The van der Waals surface area contributed by atoms with E-state index in [-0.39, 0.29) is 23.2 Å². The number of carbonyl (C=O) groups is 1. The van der Waals surface area contributed by atoms with Gasteiger partial charge in [0.1, 0.15) is 11.3 Å². The Labute approximate surface area is 127 Å². The van der Waals surface area contributed by atoms with Gasteiger partial charge in [-0.15, -0.1) is 0 Å². The molecule has 0 atom stereocenters. The fraction of sp³-hybridized carbons (Fsp3) is 0.0833. The summed E-state index contributed by atoms with van der Waals surface area (Å²) in [6, 6.07) is 4.20. The van der Waals surface area contributed by atoms with Crippen LogP contribution in [0.15, 0.2) is 28.9 Å². The molecule has 0 unspecified atom stereocenters. The van der Waals surface area contributed by atoms with Gasteiger partial charge in [-0.2, -0.15) is 4.98 Å². The molecule has 0 amide bonds. The number of rotatable bonds is 4. The maximum Gasteiger partial charge on any atom is 0.339 e. The number of aromatic carboxylic acids is 1. The summed E-state index contributed by atoms with van der Waals surface area (Å²) in [5, 5.41) is 9.40. The second kappa shape index (κ2) is 6.06. The number of methoxy groups -OCH3 is 1. The molecule has 0 spiro atoms. The Hall–Kier alpha value is -1.86. The lowest BCUT2D eigenvalue weighted by molar-refractivity contribution is 0.0694. The Balaban J connectivity index is 2.37. The summed E-state index contributed by atoms with van der Waals surface area (Å²) < 4.78 is 10.9. The van der Waals surface area contributed by atoms with E-state index >= 15 is 0 Å². The van der Waals surface area contributed by atoms with Crippen molar-refractivity contribution >= 4 is 33.5 Å². The Bertz CT molecular complexity index is 666. The van der Waals surface area contributed by atoms with Crippen molar-refractivity contribution in [3.63, 3.8) is 0 Å². The van der Waals surface area contributed by atoms with E-state index in [1.54, 1.807) is 0 Å². The van der Waals surface area contributed by atoms with Gasteiger partial charge < -0.3 is 14.6 Å². The molecule has 20 heavy (non-hydrogen) atoms. The standard InChI is InChI=1S/C12H8BrClN2O4/c1-19-10-8(13)5-15-12(16-10)20-9-3-2-6(14)4-7(9)11(17)18/h2-5H,1H3,(H,17,18). The summed E-state index contributed by atoms with van der Waals surface area (Å²) in [5.41, 5.74) is -0.0806. The Kier molecular flexibility index (Phi) is 4.41. The minimum absolute atomic E-state index is 0.0325. The number of hydrogen-bond donors (Lipinski definition) is 1. The van der Waals surface area contributed by atoms with Crippen molar-refractivity contribution in [3.05, 3.63) is 39.5 Å². The molecule has 104 valence electrons. The molecule has 1 N–H and O–H groups in total. The third kappa shape index (κ3) is 3.17. The number of nitrogens with zero attached hydrogens (tertiary/aromatic N) is 2. The monoisotopic (exact) mass is 358 g/mol. The van der Waals surface area contributed by atoms with Gasteiger partial charge in [0.05, 0.1) is 17.8 Å². The highest BCUT2D eigenvalue weighted by atomic mass is 79.9. The van der Waals surface area contributed by atoms with Crippen molar-refractivity contribution in [2.24, 2.45) is 0 Å². The van der Waals surface area contributed by atoms with Crippen LogP contribution >= 0.6 is 27.5 Å². The lowest BCUT2D eigenvalue weighted by Gasteiger charge is -2.08. The summed E-state index contributed by atoms with van der Waals surface area (Å²) in [4.78, 5) is 19.0. The molecule has 1 aromatic carbocycles. The number of carboxylic acids is 1. The fourth-order valence-electron chi connectivity index (χ4n) is 1.39. The zero-order chi connectivity index (χ0) is 14.7. The minimum atomic E-state index is -1.16. The summed E-state index contributed by atoms with van der Waals surface area (Å²) in [7, 11) is 1.45. The highest BCUT2D eigenvalue weighted by Gasteiger charge is 2.15. The third-order valence-corrected chi connectivity index (χ3v) is 3.04. The van der Waals surface area contributed by atoms with E-state index in [1.165, 1.54) is 31.5 Å². The second-order valence-electron chi connectivity index (χ2n) is 3.56. The first kappa shape index (κ1) is 14.5. The number of benzene rings is 1. The minimum Gasteiger partial charge on any atom is -0.480 e. The number of hydrogen-bond acceptors (Lipinski definition) is 5. The van der Waals surface area contributed by atoms with Crippen LogP contribution in [-0.4, -0.2) is 28.2 Å². The molecule has 0 aliphatic rings. The van der Waals surface area contributed by atoms with E-state index in [9.17, 15) is 4.79 Å². The summed E-state index contributed by atoms with van der Waals surface area (Å²) in [6.07, 6.45) is 1.44. The molecular weight excluding hydrogens is 351 g/mol. The molecule has 2 aromatic rings. The van der Waals surface area contributed by atoms with E-state index < -0.39 is 5.97 Å². The van der Waals surface area contributed by atoms with E-state index in [4.69, 9.17) is 26.2 Å². The highest BCUT2D eigenvalue weighted by molar-refractivity contribution is 9.10. The van der Waals surface area contributed by atoms with E-state index in [1.807, 2.05) is 0 Å². The van der Waals surface area contributed by atoms with Crippen molar-refractivity contribution in [2.45, 2.75) is 0 Å². The van der Waals surface area contributed by atoms with Gasteiger partial charge >= 0.3 is 12.0 Å². The molecule has 0 bridgehead atoms. The fourth-order valence-corrected chi connectivity index (χ4v) is 1.91. The first-order chi connectivity index (χ1) is 9.51. The second-order valence-corrected chi connectivity index (χ2v) is 4.85. The van der Waals surface area contributed by atoms with E-state index in [2.05, 4.69) is 25.9 Å². The van der Waals surface area contributed by atoms with Crippen molar-refractivity contribution < 1.29 is 19.4 Å². The zero-order valence-corrected chi connectivity index (χ0v) is 12.5. The maximum absolute atomic E-state index is 11.1. The maximum atomic E-state index is 11.1. The van der Waals surface area contributed by atoms with Crippen LogP contribution < -0.4 is 9.47 Å². The molecule has 0 aliphatic heterocycles. The topological polar surface area (TPSA) is 81.5 Å². The van der Waals surface area contributed by atoms with E-state index in [0.29, 0.717) is 9.50 Å². The molecule has 0 saturated carbocycles. The molecule has 1 aromatic heterocycles. The molecular formula is C12H8BrClN2O4. The smallest absolute Gasteiger partial charge is 0.339 e. The first-order valence-corrected chi connectivity index (χ1v) is 6.45. The van der Waals surface area contributed by atoms with Gasteiger partial charge in [0, 0.05) is 5.02 Å². The molecule has 1 heterocycles. The van der Waals surface area contributed by atoms with Crippen molar-refractivity contribution in [1.82, 2.24) is 9.97 Å². The highest BCUT2D eigenvalue weighted by Crippen LogP contribution is 2.29. The molecule has 0 fully saturated rings. The van der Waals surface area contributed by atoms with Crippen molar-refractivity contribution in [3.8, 4) is 17.6 Å². The predicted octanol–water partition coefficient (Wildman–Crippen LogP) is 3.39. The first-order valence-electron chi connectivity index (χ1n) is 5.28. The summed E-state index contributed by atoms with van der Waals surface area (Å²) in [5.74, 6) is -0.793. The van der Waals surface area contributed by atoms with Gasteiger partial charge in [-0.25, -0.2) is 9.78 Å². The van der Waals surface area contributed by atoms with Crippen LogP contribution in [0.4, 0.5) is 0 Å². The van der Waals surface area contributed by atoms with Crippen LogP contribution in [0.25, 0.3) is 0 Å². The number of aromatic nitrogens is 2. The van der Waals surface area contributed by atoms with Gasteiger partial charge in [0.25, 0.3) is 0 Å². The van der Waals surface area contributed by atoms with E-state index in [0.717, 1.165) is 0 Å². The number of halogens is 2. The van der Waals surface area contributed by atoms with Crippen molar-refractivity contribution in [1.29, 1.82) is 0 Å². The normalized spacial score (nSPS) is 10.2. The SMILES string of the molecule is COc1nc(Oc2ccc(Cl)cc2C(=O)O)ncc1Br. The zero-order valence-electron chi connectivity index (χ0n) is 10.1. The molecule has 0 radical (unpaired) electrons. The molecule has 0 saturated heterocycles. The number of carboxylic acid groups (broad SMARTS) is 1. The van der Waals surface area contributed by atoms with Gasteiger partial charge in [-0.1, -0.05) is 11.6 Å². The average molecular weight is 360 g/mol. The van der Waals surface area contributed by atoms with Crippen LogP contribution in [0.1, 0.15) is 10.4 Å². The van der Waals surface area contributed by atoms with Crippen LogP contribution in [-0.2, 0) is 0 Å². The molecule has 6 nitrogen and oxygen atoms in total. The van der Waals surface area contributed by atoms with Gasteiger partial charge in [-0.05, 0) is 34.1 Å². The van der Waals surface area contributed by atoms with Crippen molar-refractivity contribution in [2.75, 3.05) is 7.11 Å². The van der Waals surface area contributed by atoms with Gasteiger partial charge in [0.2, 0.25) is 5.88 Å². The van der Waals surface area contributed by atoms with Gasteiger partial charge in [-0.3, -0.25) is 0 Å². The van der Waals surface area contributed by atoms with Gasteiger partial charge in [0.15, 0.2) is 0 Å². The average Bonchev–Trinajstić information content (AvgIpc) is 2.42. The number of ether oxygens (including phenoxy) is 2. The Morgan fingerprint density at radius 3 is 2.85 bits per heavy atom. The lowest BCUT2D eigenvalue weighted by atomic mass is 10.2. The Morgan fingerprint density at radius 2 is 2.20 bits per heavy atom. The van der Waals surface area contributed by atoms with Crippen LogP contribution in [0, 0.1) is 0 Å². The van der Waals surface area contributed by atoms with Crippen LogP contribution in [0.5, 0.6) is 17.6 Å². The molecule has 8 heteroatoms. The summed E-state index contributed by atoms with van der Waals surface area (Å²) >= 11 is 8.96. The quantitative estimate of drug-likeness (QED) is 0.901. The third-order valence-electron chi connectivity index (χ3n) is 2.26. The summed E-state index contributed by atoms with van der Waals surface area (Å²) in [6.45, 7) is 0. The largest absolute Gasteiger partial charge is 0.480 e. The molecule has 0 aliphatic carbocycles. The Morgan fingerprint density at radius 1 is 1.45 bits per heavy atom. The van der Waals surface area contributed by atoms with Crippen LogP contribution in [0.2, 0.25) is 5.02 Å². The predicted molar refractivity (Wildman–Crippen MR) is 74.8 cm³/mol. The molecule has 2 rings (SSSR count).